The van der Waals surface area contributed by atoms with Crippen LogP contribution < -0.4 is 19.5 Å². The summed E-state index contributed by atoms with van der Waals surface area (Å²) in [4.78, 5) is 13.3. The van der Waals surface area contributed by atoms with E-state index in [9.17, 15) is 4.79 Å². The summed E-state index contributed by atoms with van der Waals surface area (Å²) in [6, 6.07) is 23.4. The highest BCUT2D eigenvalue weighted by Crippen LogP contribution is 2.60. The Kier molecular flexibility index (Phi) is 5.85. The van der Waals surface area contributed by atoms with Crippen molar-refractivity contribution in [2.24, 2.45) is 5.92 Å². The van der Waals surface area contributed by atoms with Crippen molar-refractivity contribution in [3.8, 4) is 17.2 Å². The van der Waals surface area contributed by atoms with Crippen LogP contribution in [0.1, 0.15) is 24.5 Å². The maximum Gasteiger partial charge on any atom is 0.228 e. The van der Waals surface area contributed by atoms with Crippen molar-refractivity contribution >= 4 is 11.6 Å². The number of nitrogens with one attached hydrogen (secondary N) is 1. The molecule has 0 unspecified atom stereocenters. The zero-order valence-electron chi connectivity index (χ0n) is 18.1. The van der Waals surface area contributed by atoms with E-state index in [2.05, 4.69) is 17.4 Å². The van der Waals surface area contributed by atoms with Gasteiger partial charge in [-0.05, 0) is 73.0 Å². The van der Waals surface area contributed by atoms with Gasteiger partial charge in [-0.15, -0.1) is 0 Å². The number of carbonyl (C=O) groups excluding carboxylic acids is 1. The lowest BCUT2D eigenvalue weighted by molar-refractivity contribution is -0.117. The summed E-state index contributed by atoms with van der Waals surface area (Å²) < 4.78 is 16.4. The summed E-state index contributed by atoms with van der Waals surface area (Å²) in [5.74, 6) is 2.14. The molecule has 1 amide bonds. The fourth-order valence-corrected chi connectivity index (χ4v) is 4.22. The van der Waals surface area contributed by atoms with Gasteiger partial charge in [-0.2, -0.15) is 0 Å². The van der Waals surface area contributed by atoms with E-state index in [1.807, 2.05) is 67.6 Å². The van der Waals surface area contributed by atoms with Crippen molar-refractivity contribution in [3.63, 3.8) is 0 Å². The van der Waals surface area contributed by atoms with Crippen LogP contribution in [0, 0.1) is 5.92 Å². The average molecular weight is 418 g/mol. The summed E-state index contributed by atoms with van der Waals surface area (Å²) in [5, 5.41) is 3.07. The molecule has 1 aliphatic rings. The maximum atomic E-state index is 13.3. The number of hydrogen-bond donors (Lipinski definition) is 1. The molecule has 5 nitrogen and oxygen atoms in total. The second-order valence-electron chi connectivity index (χ2n) is 7.64. The number of anilines is 1. The van der Waals surface area contributed by atoms with Crippen molar-refractivity contribution in [3.05, 3.63) is 83.9 Å². The Morgan fingerprint density at radius 2 is 1.48 bits per heavy atom. The molecule has 0 saturated heterocycles. The molecule has 0 bridgehead atoms. The number of ether oxygens (including phenoxy) is 3. The molecule has 0 aromatic heterocycles. The van der Waals surface area contributed by atoms with Crippen LogP contribution in [-0.4, -0.2) is 26.7 Å². The second-order valence-corrected chi connectivity index (χ2v) is 7.64. The third-order valence-corrected chi connectivity index (χ3v) is 5.88. The Bertz CT molecular complexity index is 1010. The van der Waals surface area contributed by atoms with Crippen molar-refractivity contribution in [2.45, 2.75) is 18.8 Å². The van der Waals surface area contributed by atoms with Crippen molar-refractivity contribution in [1.82, 2.24) is 0 Å². The minimum absolute atomic E-state index is 0.00482. The van der Waals surface area contributed by atoms with E-state index >= 15 is 0 Å². The van der Waals surface area contributed by atoms with Crippen LogP contribution in [0.25, 0.3) is 0 Å². The van der Waals surface area contributed by atoms with Gasteiger partial charge in [0.05, 0.1) is 26.7 Å². The summed E-state index contributed by atoms with van der Waals surface area (Å²) in [6.45, 7) is 2.55. The summed E-state index contributed by atoms with van der Waals surface area (Å²) in [5.41, 5.74) is 2.46. The smallest absolute Gasteiger partial charge is 0.228 e. The first-order valence-electron chi connectivity index (χ1n) is 10.4. The molecule has 31 heavy (non-hydrogen) atoms. The van der Waals surface area contributed by atoms with Gasteiger partial charge in [0.1, 0.15) is 17.2 Å². The monoisotopic (exact) mass is 417 g/mol. The van der Waals surface area contributed by atoms with Crippen molar-refractivity contribution in [2.75, 3.05) is 26.1 Å². The standard InChI is InChI=1S/C26H27NO4/c1-4-31-21-13-11-20(12-14-21)27-25(28)24-17-26(24,18-7-5-9-22(15-18)29-2)19-8-6-10-23(16-19)30-3/h5-16,24H,4,17H2,1-3H3,(H,27,28)/t24-/m0/s1. The van der Waals surface area contributed by atoms with Gasteiger partial charge in [-0.3, -0.25) is 4.79 Å². The summed E-state index contributed by atoms with van der Waals surface area (Å²) in [6.07, 6.45) is 0.718. The van der Waals surface area contributed by atoms with Crippen molar-refractivity contribution in [1.29, 1.82) is 0 Å². The van der Waals surface area contributed by atoms with E-state index in [1.54, 1.807) is 14.2 Å². The molecule has 0 spiro atoms. The Balaban J connectivity index is 1.64. The predicted molar refractivity (Wildman–Crippen MR) is 121 cm³/mol. The summed E-state index contributed by atoms with van der Waals surface area (Å²) in [7, 11) is 3.31. The largest absolute Gasteiger partial charge is 0.497 e. The van der Waals surface area contributed by atoms with Gasteiger partial charge in [0, 0.05) is 11.1 Å². The van der Waals surface area contributed by atoms with Gasteiger partial charge in [0.2, 0.25) is 5.91 Å². The van der Waals surface area contributed by atoms with Crippen LogP contribution in [0.15, 0.2) is 72.8 Å². The minimum atomic E-state index is -0.418. The van der Waals surface area contributed by atoms with Crippen LogP contribution in [0.2, 0.25) is 0 Å². The fourth-order valence-electron chi connectivity index (χ4n) is 4.22. The number of benzene rings is 3. The number of carbonyl (C=O) groups is 1. The van der Waals surface area contributed by atoms with E-state index in [0.29, 0.717) is 6.61 Å². The normalized spacial score (nSPS) is 16.3. The molecule has 160 valence electrons. The van der Waals surface area contributed by atoms with E-state index in [-0.39, 0.29) is 11.8 Å². The molecule has 0 heterocycles. The Hall–Kier alpha value is -3.47. The molecule has 4 rings (SSSR count). The first-order valence-corrected chi connectivity index (χ1v) is 10.4. The van der Waals surface area contributed by atoms with Crippen LogP contribution in [0.5, 0.6) is 17.2 Å². The van der Waals surface area contributed by atoms with Gasteiger partial charge >= 0.3 is 0 Å². The van der Waals surface area contributed by atoms with Gasteiger partial charge in [-0.25, -0.2) is 0 Å². The highest BCUT2D eigenvalue weighted by atomic mass is 16.5. The third-order valence-electron chi connectivity index (χ3n) is 5.88. The molecule has 1 fully saturated rings. The molecule has 5 heteroatoms. The SMILES string of the molecule is CCOc1ccc(NC(=O)[C@@H]2CC2(c2cccc(OC)c2)c2cccc(OC)c2)cc1. The molecule has 1 saturated carbocycles. The molecule has 0 radical (unpaired) electrons. The molecule has 0 aliphatic heterocycles. The molecular formula is C26H27NO4. The minimum Gasteiger partial charge on any atom is -0.497 e. The van der Waals surface area contributed by atoms with E-state index in [1.165, 1.54) is 0 Å². The van der Waals surface area contributed by atoms with Gasteiger partial charge < -0.3 is 19.5 Å². The Labute approximate surface area is 183 Å². The van der Waals surface area contributed by atoms with E-state index in [0.717, 1.165) is 40.5 Å². The molecule has 1 aliphatic carbocycles. The van der Waals surface area contributed by atoms with Gasteiger partial charge in [0.25, 0.3) is 0 Å². The topological polar surface area (TPSA) is 56.8 Å². The molecule has 1 atom stereocenters. The zero-order chi connectivity index (χ0) is 21.8. The lowest BCUT2D eigenvalue weighted by atomic mass is 9.85. The van der Waals surface area contributed by atoms with E-state index in [4.69, 9.17) is 14.2 Å². The first kappa shape index (κ1) is 20.8. The second kappa shape index (κ2) is 8.72. The van der Waals surface area contributed by atoms with Crippen LogP contribution >= 0.6 is 0 Å². The average Bonchev–Trinajstić information content (AvgIpc) is 3.58. The number of rotatable bonds is 8. The Morgan fingerprint density at radius 1 is 0.903 bits per heavy atom. The number of hydrogen-bond acceptors (Lipinski definition) is 4. The summed E-state index contributed by atoms with van der Waals surface area (Å²) >= 11 is 0. The van der Waals surface area contributed by atoms with Crippen LogP contribution in [0.4, 0.5) is 5.69 Å². The van der Waals surface area contributed by atoms with Crippen LogP contribution in [-0.2, 0) is 10.2 Å². The fraction of sp³-hybridized carbons (Fsp3) is 0.269. The molecular weight excluding hydrogens is 390 g/mol. The van der Waals surface area contributed by atoms with Gasteiger partial charge in [0.15, 0.2) is 0 Å². The lowest BCUT2D eigenvalue weighted by Crippen LogP contribution is -2.22. The van der Waals surface area contributed by atoms with Gasteiger partial charge in [-0.1, -0.05) is 24.3 Å². The first-order chi connectivity index (χ1) is 15.1. The quantitative estimate of drug-likeness (QED) is 0.557. The zero-order valence-corrected chi connectivity index (χ0v) is 18.1. The lowest BCUT2D eigenvalue weighted by Gasteiger charge is -2.20. The predicted octanol–water partition coefficient (Wildman–Crippen LogP) is 5.05. The maximum absolute atomic E-state index is 13.3. The number of methoxy groups -OCH3 is 2. The van der Waals surface area contributed by atoms with Crippen molar-refractivity contribution < 1.29 is 19.0 Å². The van der Waals surface area contributed by atoms with E-state index < -0.39 is 5.41 Å². The Morgan fingerprint density at radius 3 is 2.00 bits per heavy atom. The highest BCUT2D eigenvalue weighted by molar-refractivity contribution is 5.97. The molecule has 3 aromatic rings. The molecule has 3 aromatic carbocycles. The molecule has 1 N–H and O–H groups in total. The third kappa shape index (κ3) is 4.08. The highest BCUT2D eigenvalue weighted by Gasteiger charge is 2.60. The van der Waals surface area contributed by atoms with Crippen LogP contribution in [0.3, 0.4) is 0 Å². The number of amides is 1.